The average Bonchev–Trinajstić information content (AvgIpc) is 2.32. The minimum absolute atomic E-state index is 0.408. The lowest BCUT2D eigenvalue weighted by atomic mass is 10.1. The van der Waals surface area contributed by atoms with Crippen LogP contribution in [0.4, 0.5) is 0 Å². The number of rotatable bonds is 8. The molecule has 1 rings (SSSR count). The summed E-state index contributed by atoms with van der Waals surface area (Å²) in [7, 11) is 0. The largest absolute Gasteiger partial charge is 0.300 e. The first-order valence-electron chi connectivity index (χ1n) is 6.49. The van der Waals surface area contributed by atoms with E-state index in [4.69, 9.17) is 0 Å². The fourth-order valence-electron chi connectivity index (χ4n) is 1.81. The van der Waals surface area contributed by atoms with Crippen molar-refractivity contribution in [2.75, 3.05) is 5.75 Å². The summed E-state index contributed by atoms with van der Waals surface area (Å²) in [6.07, 6.45) is 4.46. The van der Waals surface area contributed by atoms with E-state index < -0.39 is 0 Å². The van der Waals surface area contributed by atoms with Crippen molar-refractivity contribution in [2.24, 2.45) is 0 Å². The molecule has 0 saturated carbocycles. The highest BCUT2D eigenvalue weighted by Gasteiger charge is 2.01. The Balaban J connectivity index is 2.29. The monoisotopic (exact) mass is 250 g/mol. The van der Waals surface area contributed by atoms with Crippen LogP contribution in [0.25, 0.3) is 0 Å². The second kappa shape index (κ2) is 8.35. The van der Waals surface area contributed by atoms with Gasteiger partial charge in [0.1, 0.15) is 5.78 Å². The summed E-state index contributed by atoms with van der Waals surface area (Å²) in [6, 6.07) is 8.72. The molecule has 1 aromatic rings. The Morgan fingerprint density at radius 1 is 1.12 bits per heavy atom. The van der Waals surface area contributed by atoms with Crippen LogP contribution in [0.3, 0.4) is 0 Å². The second-order valence-electron chi connectivity index (χ2n) is 4.22. The molecule has 0 aromatic heterocycles. The molecule has 0 radical (unpaired) electrons. The Bertz CT molecular complexity index is 329. The summed E-state index contributed by atoms with van der Waals surface area (Å²) in [5.41, 5.74) is 1.34. The molecule has 0 heterocycles. The number of ketones is 1. The van der Waals surface area contributed by atoms with E-state index in [1.54, 1.807) is 0 Å². The van der Waals surface area contributed by atoms with E-state index in [9.17, 15) is 4.79 Å². The summed E-state index contributed by atoms with van der Waals surface area (Å²) in [5, 5.41) is 0. The molecule has 0 aliphatic carbocycles. The fourth-order valence-corrected chi connectivity index (χ4v) is 2.47. The maximum absolute atomic E-state index is 11.4. The van der Waals surface area contributed by atoms with Crippen molar-refractivity contribution in [3.63, 3.8) is 0 Å². The molecule has 17 heavy (non-hydrogen) atoms. The Kier molecular flexibility index (Phi) is 7.02. The van der Waals surface area contributed by atoms with Crippen LogP contribution >= 0.6 is 11.8 Å². The third-order valence-electron chi connectivity index (χ3n) is 2.68. The minimum atomic E-state index is 0.408. The molecule has 1 aromatic carbocycles. The number of hydrogen-bond acceptors (Lipinski definition) is 2. The SMILES string of the molecule is CCCC(=O)CCCc1ccc(SCC)cc1. The van der Waals surface area contributed by atoms with Crippen LogP contribution in [-0.2, 0) is 11.2 Å². The van der Waals surface area contributed by atoms with Gasteiger partial charge in [0, 0.05) is 17.7 Å². The smallest absolute Gasteiger partial charge is 0.132 e. The number of carbonyl (C=O) groups excluding carboxylic acids is 1. The van der Waals surface area contributed by atoms with Crippen molar-refractivity contribution in [1.29, 1.82) is 0 Å². The summed E-state index contributed by atoms with van der Waals surface area (Å²) >= 11 is 1.87. The molecule has 1 nitrogen and oxygen atoms in total. The molecule has 0 bridgehead atoms. The Morgan fingerprint density at radius 2 is 1.82 bits per heavy atom. The van der Waals surface area contributed by atoms with E-state index >= 15 is 0 Å². The first kappa shape index (κ1) is 14.3. The quantitative estimate of drug-likeness (QED) is 0.632. The van der Waals surface area contributed by atoms with E-state index in [2.05, 4.69) is 38.1 Å². The van der Waals surface area contributed by atoms with Gasteiger partial charge in [0.25, 0.3) is 0 Å². The summed E-state index contributed by atoms with van der Waals surface area (Å²) in [6.45, 7) is 4.22. The van der Waals surface area contributed by atoms with Crippen molar-refractivity contribution in [2.45, 2.75) is 50.8 Å². The van der Waals surface area contributed by atoms with Gasteiger partial charge in [-0.25, -0.2) is 0 Å². The van der Waals surface area contributed by atoms with Crippen molar-refractivity contribution >= 4 is 17.5 Å². The highest BCUT2D eigenvalue weighted by Crippen LogP contribution is 2.18. The number of Topliss-reactive ketones (excluding diaryl/α,β-unsaturated/α-hetero) is 1. The summed E-state index contributed by atoms with van der Waals surface area (Å²) < 4.78 is 0. The van der Waals surface area contributed by atoms with Crippen LogP contribution in [0.15, 0.2) is 29.2 Å². The third kappa shape index (κ3) is 5.92. The molecule has 0 saturated heterocycles. The fraction of sp³-hybridized carbons (Fsp3) is 0.533. The predicted octanol–water partition coefficient (Wildman–Crippen LogP) is 4.49. The van der Waals surface area contributed by atoms with Crippen molar-refractivity contribution in [3.8, 4) is 0 Å². The van der Waals surface area contributed by atoms with E-state index in [0.717, 1.165) is 37.9 Å². The van der Waals surface area contributed by atoms with E-state index in [1.165, 1.54) is 10.5 Å². The zero-order chi connectivity index (χ0) is 12.5. The Hall–Kier alpha value is -0.760. The molecule has 94 valence electrons. The lowest BCUT2D eigenvalue weighted by Gasteiger charge is -2.03. The zero-order valence-corrected chi connectivity index (χ0v) is 11.7. The topological polar surface area (TPSA) is 17.1 Å². The molecular weight excluding hydrogens is 228 g/mol. The van der Waals surface area contributed by atoms with E-state index in [1.807, 2.05) is 11.8 Å². The van der Waals surface area contributed by atoms with Gasteiger partial charge >= 0.3 is 0 Å². The van der Waals surface area contributed by atoms with Crippen molar-refractivity contribution < 1.29 is 4.79 Å². The molecular formula is C15H22OS. The summed E-state index contributed by atoms with van der Waals surface area (Å²) in [5.74, 6) is 1.52. The van der Waals surface area contributed by atoms with Gasteiger partial charge in [0.2, 0.25) is 0 Å². The van der Waals surface area contributed by atoms with Crippen LogP contribution in [0.2, 0.25) is 0 Å². The molecule has 0 N–H and O–H groups in total. The van der Waals surface area contributed by atoms with Gasteiger partial charge in [-0.3, -0.25) is 4.79 Å². The van der Waals surface area contributed by atoms with Crippen molar-refractivity contribution in [1.82, 2.24) is 0 Å². The molecule has 0 amide bonds. The van der Waals surface area contributed by atoms with Gasteiger partial charge in [0.05, 0.1) is 0 Å². The normalized spacial score (nSPS) is 10.5. The number of thioether (sulfide) groups is 1. The maximum atomic E-state index is 11.4. The number of carbonyl (C=O) groups is 1. The molecule has 0 aliphatic rings. The molecule has 0 aliphatic heterocycles. The van der Waals surface area contributed by atoms with Gasteiger partial charge in [-0.15, -0.1) is 11.8 Å². The number of hydrogen-bond donors (Lipinski definition) is 0. The minimum Gasteiger partial charge on any atom is -0.300 e. The Morgan fingerprint density at radius 3 is 2.41 bits per heavy atom. The van der Waals surface area contributed by atoms with Crippen LogP contribution < -0.4 is 0 Å². The molecule has 0 unspecified atom stereocenters. The first-order chi connectivity index (χ1) is 8.26. The number of benzene rings is 1. The molecule has 0 fully saturated rings. The maximum Gasteiger partial charge on any atom is 0.132 e. The second-order valence-corrected chi connectivity index (χ2v) is 5.56. The predicted molar refractivity (Wildman–Crippen MR) is 75.7 cm³/mol. The lowest BCUT2D eigenvalue weighted by Crippen LogP contribution is -1.97. The van der Waals surface area contributed by atoms with E-state index in [-0.39, 0.29) is 0 Å². The molecule has 0 spiro atoms. The third-order valence-corrected chi connectivity index (χ3v) is 3.58. The van der Waals surface area contributed by atoms with Crippen LogP contribution in [0.5, 0.6) is 0 Å². The highest BCUT2D eigenvalue weighted by atomic mass is 32.2. The van der Waals surface area contributed by atoms with Crippen LogP contribution in [-0.4, -0.2) is 11.5 Å². The van der Waals surface area contributed by atoms with Gasteiger partial charge in [-0.05, 0) is 42.7 Å². The van der Waals surface area contributed by atoms with E-state index in [0.29, 0.717) is 5.78 Å². The zero-order valence-electron chi connectivity index (χ0n) is 10.9. The first-order valence-corrected chi connectivity index (χ1v) is 7.48. The lowest BCUT2D eigenvalue weighted by molar-refractivity contribution is -0.119. The van der Waals surface area contributed by atoms with Gasteiger partial charge in [0.15, 0.2) is 0 Å². The molecule has 0 atom stereocenters. The standard InChI is InChI=1S/C15H22OS/c1-3-6-14(16)8-5-7-13-9-11-15(12-10-13)17-4-2/h9-12H,3-8H2,1-2H3. The van der Waals surface area contributed by atoms with Crippen LogP contribution in [0.1, 0.15) is 45.1 Å². The van der Waals surface area contributed by atoms with Gasteiger partial charge in [-0.2, -0.15) is 0 Å². The highest BCUT2D eigenvalue weighted by molar-refractivity contribution is 7.99. The summed E-state index contributed by atoms with van der Waals surface area (Å²) in [4.78, 5) is 12.7. The van der Waals surface area contributed by atoms with Crippen molar-refractivity contribution in [3.05, 3.63) is 29.8 Å². The van der Waals surface area contributed by atoms with Gasteiger partial charge in [-0.1, -0.05) is 26.0 Å². The Labute approximate surface area is 109 Å². The van der Waals surface area contributed by atoms with Crippen LogP contribution in [0, 0.1) is 0 Å². The average molecular weight is 250 g/mol. The number of aryl methyl sites for hydroxylation is 1. The molecule has 2 heteroatoms. The van der Waals surface area contributed by atoms with Gasteiger partial charge < -0.3 is 0 Å².